The van der Waals surface area contributed by atoms with Crippen LogP contribution in [-0.2, 0) is 0 Å². The largest absolute Gasteiger partial charge is 0.491 e. The molecular weight excluding hydrogens is 220 g/mol. The molecule has 0 spiro atoms. The molecule has 0 radical (unpaired) electrons. The Kier molecular flexibility index (Phi) is 5.44. The van der Waals surface area contributed by atoms with Crippen LogP contribution in [-0.4, -0.2) is 6.10 Å². The monoisotopic (exact) mass is 242 g/mol. The van der Waals surface area contributed by atoms with Crippen molar-refractivity contribution >= 4 is 5.57 Å². The highest BCUT2D eigenvalue weighted by Crippen LogP contribution is 2.20. The van der Waals surface area contributed by atoms with Crippen LogP contribution >= 0.6 is 0 Å². The van der Waals surface area contributed by atoms with Gasteiger partial charge in [-0.15, -0.1) is 0 Å². The van der Waals surface area contributed by atoms with Crippen LogP contribution in [0, 0.1) is 0 Å². The van der Waals surface area contributed by atoms with E-state index in [-0.39, 0.29) is 6.10 Å². The van der Waals surface area contributed by atoms with Crippen LogP contribution in [0.25, 0.3) is 5.57 Å². The molecule has 0 saturated carbocycles. The zero-order chi connectivity index (χ0) is 13.5. The summed E-state index contributed by atoms with van der Waals surface area (Å²) in [5.74, 6) is 0.902. The molecule has 1 nitrogen and oxygen atoms in total. The fourth-order valence-electron chi connectivity index (χ4n) is 1.54. The Bertz CT molecular complexity index is 443. The Morgan fingerprint density at radius 1 is 1.11 bits per heavy atom. The maximum atomic E-state index is 5.62. The molecule has 0 amide bonds. The number of benzene rings is 1. The van der Waals surface area contributed by atoms with Gasteiger partial charge in [-0.2, -0.15) is 0 Å². The summed E-state index contributed by atoms with van der Waals surface area (Å²) in [4.78, 5) is 0. The number of hydrogen-bond acceptors (Lipinski definition) is 1. The molecule has 0 aliphatic heterocycles. The van der Waals surface area contributed by atoms with Gasteiger partial charge in [0.2, 0.25) is 0 Å². The minimum absolute atomic E-state index is 0.205. The maximum Gasteiger partial charge on any atom is 0.119 e. The second kappa shape index (κ2) is 6.85. The first-order valence-electron chi connectivity index (χ1n) is 6.27. The van der Waals surface area contributed by atoms with Crippen molar-refractivity contribution in [2.45, 2.75) is 33.8 Å². The summed E-state index contributed by atoms with van der Waals surface area (Å²) in [6.45, 7) is 12.1. The molecule has 96 valence electrons. The molecule has 1 heteroatoms. The van der Waals surface area contributed by atoms with Crippen molar-refractivity contribution in [3.8, 4) is 5.75 Å². The highest BCUT2D eigenvalue weighted by Gasteiger charge is 2.00. The van der Waals surface area contributed by atoms with Gasteiger partial charge in [-0.05, 0) is 51.0 Å². The zero-order valence-corrected chi connectivity index (χ0v) is 11.7. The first kappa shape index (κ1) is 14.3. The number of rotatable bonds is 5. The molecule has 0 N–H and O–H groups in total. The molecule has 0 aliphatic carbocycles. The molecule has 0 fully saturated rings. The lowest BCUT2D eigenvalue weighted by Gasteiger charge is -2.10. The van der Waals surface area contributed by atoms with Crippen molar-refractivity contribution in [1.29, 1.82) is 0 Å². The molecule has 1 rings (SSSR count). The van der Waals surface area contributed by atoms with Crippen molar-refractivity contribution in [2.75, 3.05) is 0 Å². The number of ether oxygens (including phenoxy) is 1. The highest BCUT2D eigenvalue weighted by atomic mass is 16.5. The Morgan fingerprint density at radius 2 is 1.72 bits per heavy atom. The number of allylic oxidation sites excluding steroid dienone is 5. The van der Waals surface area contributed by atoms with Crippen LogP contribution in [0.2, 0.25) is 0 Å². The van der Waals surface area contributed by atoms with Gasteiger partial charge in [-0.1, -0.05) is 42.5 Å². The molecule has 1 aromatic carbocycles. The second-order valence-electron chi connectivity index (χ2n) is 4.76. The lowest BCUT2D eigenvalue weighted by Crippen LogP contribution is -2.05. The van der Waals surface area contributed by atoms with Gasteiger partial charge >= 0.3 is 0 Å². The third-order valence-electron chi connectivity index (χ3n) is 2.38. The fourth-order valence-corrected chi connectivity index (χ4v) is 1.54. The predicted octanol–water partition coefficient (Wildman–Crippen LogP) is 5.01. The van der Waals surface area contributed by atoms with E-state index >= 15 is 0 Å². The fraction of sp³-hybridized carbons (Fsp3) is 0.294. The molecule has 0 saturated heterocycles. The van der Waals surface area contributed by atoms with E-state index in [0.717, 1.165) is 16.9 Å². The summed E-state index contributed by atoms with van der Waals surface area (Å²) in [7, 11) is 0. The van der Waals surface area contributed by atoms with E-state index in [2.05, 4.69) is 44.7 Å². The topological polar surface area (TPSA) is 9.23 Å². The van der Waals surface area contributed by atoms with Crippen LogP contribution in [0.4, 0.5) is 0 Å². The molecule has 0 atom stereocenters. The Hall–Kier alpha value is -1.76. The summed E-state index contributed by atoms with van der Waals surface area (Å²) < 4.78 is 5.62. The molecule has 18 heavy (non-hydrogen) atoms. The van der Waals surface area contributed by atoms with Crippen LogP contribution in [0.1, 0.15) is 33.3 Å². The van der Waals surface area contributed by atoms with Gasteiger partial charge in [0.15, 0.2) is 0 Å². The zero-order valence-electron chi connectivity index (χ0n) is 11.7. The van der Waals surface area contributed by atoms with Crippen molar-refractivity contribution < 1.29 is 4.74 Å². The molecular formula is C17H22O. The van der Waals surface area contributed by atoms with E-state index < -0.39 is 0 Å². The van der Waals surface area contributed by atoms with Crippen LogP contribution in [0.5, 0.6) is 5.75 Å². The third kappa shape index (κ3) is 4.62. The van der Waals surface area contributed by atoms with E-state index in [0.29, 0.717) is 0 Å². The van der Waals surface area contributed by atoms with Crippen molar-refractivity contribution in [3.63, 3.8) is 0 Å². The predicted molar refractivity (Wildman–Crippen MR) is 79.8 cm³/mol. The van der Waals surface area contributed by atoms with Gasteiger partial charge in [0, 0.05) is 0 Å². The first-order chi connectivity index (χ1) is 8.52. The quantitative estimate of drug-likeness (QED) is 0.659. The van der Waals surface area contributed by atoms with Gasteiger partial charge in [0.1, 0.15) is 5.75 Å². The highest BCUT2D eigenvalue weighted by molar-refractivity contribution is 5.75. The average Bonchev–Trinajstić information content (AvgIpc) is 2.31. The van der Waals surface area contributed by atoms with E-state index in [1.54, 1.807) is 0 Å². The lowest BCUT2D eigenvalue weighted by atomic mass is 10.0. The lowest BCUT2D eigenvalue weighted by molar-refractivity contribution is 0.242. The Balaban J connectivity index is 2.92. The van der Waals surface area contributed by atoms with Gasteiger partial charge < -0.3 is 4.74 Å². The summed E-state index contributed by atoms with van der Waals surface area (Å²) in [6, 6.07) is 8.11. The summed E-state index contributed by atoms with van der Waals surface area (Å²) in [5, 5.41) is 0. The van der Waals surface area contributed by atoms with Gasteiger partial charge in [-0.25, -0.2) is 0 Å². The van der Waals surface area contributed by atoms with Gasteiger partial charge in [-0.3, -0.25) is 0 Å². The van der Waals surface area contributed by atoms with Crippen LogP contribution in [0.15, 0.2) is 54.6 Å². The molecule has 0 bridgehead atoms. The minimum atomic E-state index is 0.205. The maximum absolute atomic E-state index is 5.62. The van der Waals surface area contributed by atoms with E-state index in [4.69, 9.17) is 4.74 Å². The van der Waals surface area contributed by atoms with Gasteiger partial charge in [0.05, 0.1) is 6.10 Å². The Labute approximate surface area is 110 Å². The normalized spacial score (nSPS) is 11.3. The van der Waals surface area contributed by atoms with Gasteiger partial charge in [0.25, 0.3) is 0 Å². The standard InChI is InChI=1S/C17H22O/c1-6-15(8-7-13(2)3)16-9-11-17(12-10-16)18-14(4)5/h6-12,14H,1H2,2-5H3/b15-8+. The van der Waals surface area contributed by atoms with Crippen LogP contribution < -0.4 is 4.74 Å². The summed E-state index contributed by atoms with van der Waals surface area (Å²) in [5.41, 5.74) is 3.54. The SMILES string of the molecule is C=C/C(=C\C=C(C)C)c1ccc(OC(C)C)cc1. The van der Waals surface area contributed by atoms with Crippen molar-refractivity contribution in [3.05, 3.63) is 60.2 Å². The van der Waals surface area contributed by atoms with E-state index in [9.17, 15) is 0 Å². The summed E-state index contributed by atoms with van der Waals surface area (Å²) in [6.07, 6.45) is 6.25. The molecule has 0 aromatic heterocycles. The molecule has 0 unspecified atom stereocenters. The molecule has 0 aliphatic rings. The number of hydrogen-bond donors (Lipinski definition) is 0. The van der Waals surface area contributed by atoms with E-state index in [1.807, 2.05) is 32.1 Å². The second-order valence-corrected chi connectivity index (χ2v) is 4.76. The summed E-state index contributed by atoms with van der Waals surface area (Å²) >= 11 is 0. The Morgan fingerprint density at radius 3 is 2.17 bits per heavy atom. The van der Waals surface area contributed by atoms with Crippen LogP contribution in [0.3, 0.4) is 0 Å². The van der Waals surface area contributed by atoms with E-state index in [1.165, 1.54) is 5.57 Å². The first-order valence-corrected chi connectivity index (χ1v) is 6.27. The molecule has 0 heterocycles. The van der Waals surface area contributed by atoms with Crippen molar-refractivity contribution in [1.82, 2.24) is 0 Å². The smallest absolute Gasteiger partial charge is 0.119 e. The third-order valence-corrected chi connectivity index (χ3v) is 2.38. The van der Waals surface area contributed by atoms with Crippen molar-refractivity contribution in [2.24, 2.45) is 0 Å². The minimum Gasteiger partial charge on any atom is -0.491 e. The molecule has 1 aromatic rings. The average molecular weight is 242 g/mol.